The first kappa shape index (κ1) is 16.8. The predicted molar refractivity (Wildman–Crippen MR) is 91.0 cm³/mol. The number of nitrogens with zero attached hydrogens (tertiary/aromatic N) is 4. The summed E-state index contributed by atoms with van der Waals surface area (Å²) < 4.78 is 0.730. The Kier molecular flexibility index (Phi) is 4.47. The molecule has 0 bridgehead atoms. The van der Waals surface area contributed by atoms with Gasteiger partial charge in [0.2, 0.25) is 11.0 Å². The summed E-state index contributed by atoms with van der Waals surface area (Å²) >= 11 is 4.25. The van der Waals surface area contributed by atoms with Crippen molar-refractivity contribution in [2.45, 2.75) is 15.8 Å². The van der Waals surface area contributed by atoms with Crippen LogP contribution in [-0.2, 0) is 9.59 Å². The number of β-lactam (4-membered cyclic amide) rings is 1. The van der Waals surface area contributed by atoms with Crippen molar-refractivity contribution in [1.29, 1.82) is 0 Å². The van der Waals surface area contributed by atoms with Gasteiger partial charge < -0.3 is 20.6 Å². The summed E-state index contributed by atoms with van der Waals surface area (Å²) in [5.74, 6) is -0.259. The Bertz CT molecular complexity index is 639. The number of hydrogen-bond donors (Lipinski definition) is 2. The normalized spacial score (nSPS) is 29.9. The van der Waals surface area contributed by atoms with Crippen LogP contribution in [0.2, 0.25) is 0 Å². The van der Waals surface area contributed by atoms with E-state index in [1.807, 2.05) is 19.0 Å². The molecule has 2 fully saturated rings. The number of carboxylic acids is 1. The van der Waals surface area contributed by atoms with Gasteiger partial charge >= 0.3 is 5.97 Å². The number of thioether (sulfide) groups is 2. The molecule has 0 saturated carbocycles. The topological polar surface area (TPSA) is 113 Å². The Morgan fingerprint density at radius 3 is 2.91 bits per heavy atom. The van der Waals surface area contributed by atoms with Gasteiger partial charge in [0, 0.05) is 32.1 Å². The molecule has 2 aliphatic rings. The van der Waals surface area contributed by atoms with Crippen LogP contribution < -0.4 is 10.6 Å². The summed E-state index contributed by atoms with van der Waals surface area (Å²) in [5, 5.41) is 18.5. The Morgan fingerprint density at radius 1 is 1.57 bits per heavy atom. The van der Waals surface area contributed by atoms with E-state index < -0.39 is 17.4 Å². The average molecular weight is 376 g/mol. The van der Waals surface area contributed by atoms with Crippen LogP contribution in [0.4, 0.5) is 5.13 Å². The quantitative estimate of drug-likeness (QED) is 0.543. The fourth-order valence-corrected chi connectivity index (χ4v) is 6.02. The van der Waals surface area contributed by atoms with Crippen LogP contribution >= 0.6 is 34.9 Å². The number of carboxylic acid groups (broad SMARTS) is 1. The van der Waals surface area contributed by atoms with E-state index in [1.165, 1.54) is 34.9 Å². The molecule has 3 N–H and O–H groups in total. The van der Waals surface area contributed by atoms with Crippen molar-refractivity contribution in [3.63, 3.8) is 0 Å². The third kappa shape index (κ3) is 2.90. The largest absolute Gasteiger partial charge is 0.481 e. The summed E-state index contributed by atoms with van der Waals surface area (Å²) in [6, 6.07) is -0.495. The van der Waals surface area contributed by atoms with Crippen LogP contribution in [0.25, 0.3) is 0 Å². The highest BCUT2D eigenvalue weighted by Gasteiger charge is 2.55. The van der Waals surface area contributed by atoms with Crippen LogP contribution in [0.15, 0.2) is 4.34 Å². The molecule has 8 nitrogen and oxygen atoms in total. The number of nitrogens with two attached hydrogens (primary N) is 1. The summed E-state index contributed by atoms with van der Waals surface area (Å²) in [6.07, 6.45) is 0. The minimum Gasteiger partial charge on any atom is -0.481 e. The zero-order chi connectivity index (χ0) is 16.8. The minimum atomic E-state index is -0.981. The molecule has 3 rings (SSSR count). The minimum absolute atomic E-state index is 0.0816. The zero-order valence-electron chi connectivity index (χ0n) is 12.6. The second-order valence-corrected chi connectivity index (χ2v) is 9.10. The molecule has 11 heteroatoms. The van der Waals surface area contributed by atoms with E-state index in [2.05, 4.69) is 10.2 Å². The van der Waals surface area contributed by atoms with Gasteiger partial charge in [-0.05, 0) is 0 Å². The van der Waals surface area contributed by atoms with Crippen LogP contribution in [0.1, 0.15) is 0 Å². The molecule has 0 spiro atoms. The van der Waals surface area contributed by atoms with E-state index in [0.29, 0.717) is 11.5 Å². The van der Waals surface area contributed by atoms with E-state index in [1.54, 1.807) is 4.90 Å². The monoisotopic (exact) mass is 375 g/mol. The lowest BCUT2D eigenvalue weighted by molar-refractivity contribution is -0.155. The average Bonchev–Trinajstić information content (AvgIpc) is 3.01. The van der Waals surface area contributed by atoms with Gasteiger partial charge in [0.1, 0.15) is 16.8 Å². The van der Waals surface area contributed by atoms with Gasteiger partial charge in [0.15, 0.2) is 4.34 Å². The number of aromatic nitrogens is 2. The standard InChI is InChI=1S/C12H17N5O3S3/c1-16(2)10-14-15-11(23-10)22-5-12(9(19)20)3-17-7(18)6(13)8(17)21-4-12/h6,8H,3-5,13H2,1-2H3,(H,19,20)/t6?,8-,12?/m1/s1. The summed E-state index contributed by atoms with van der Waals surface area (Å²) in [7, 11) is 3.76. The molecule has 126 valence electrons. The predicted octanol–water partition coefficient (Wildman–Crippen LogP) is 0.00960. The number of rotatable bonds is 5. The number of amides is 1. The number of carbonyl (C=O) groups excluding carboxylic acids is 1. The number of anilines is 1. The maximum Gasteiger partial charge on any atom is 0.313 e. The molecule has 3 atom stereocenters. The maximum absolute atomic E-state index is 11.8. The number of hydrogen-bond acceptors (Lipinski definition) is 9. The highest BCUT2D eigenvalue weighted by atomic mass is 32.2. The maximum atomic E-state index is 11.8. The molecular formula is C12H17N5O3S3. The molecule has 0 aromatic carbocycles. The van der Waals surface area contributed by atoms with E-state index in [9.17, 15) is 14.7 Å². The lowest BCUT2D eigenvalue weighted by Crippen LogP contribution is -2.72. The fraction of sp³-hybridized carbons (Fsp3) is 0.667. The molecule has 2 saturated heterocycles. The highest BCUT2D eigenvalue weighted by Crippen LogP contribution is 2.44. The van der Waals surface area contributed by atoms with E-state index in [0.717, 1.165) is 9.47 Å². The summed E-state index contributed by atoms with van der Waals surface area (Å²) in [6.45, 7) is 0.207. The molecule has 2 unspecified atom stereocenters. The molecular weight excluding hydrogens is 358 g/mol. The Morgan fingerprint density at radius 2 is 2.30 bits per heavy atom. The first-order valence-electron chi connectivity index (χ1n) is 6.89. The van der Waals surface area contributed by atoms with E-state index in [4.69, 9.17) is 5.73 Å². The summed E-state index contributed by atoms with van der Waals surface area (Å²) in [4.78, 5) is 27.1. The Labute approximate surface area is 145 Å². The van der Waals surface area contributed by atoms with Crippen molar-refractivity contribution < 1.29 is 14.7 Å². The van der Waals surface area contributed by atoms with Gasteiger partial charge in [-0.1, -0.05) is 23.1 Å². The number of aliphatic carboxylic acids is 1. The van der Waals surface area contributed by atoms with Gasteiger partial charge in [-0.2, -0.15) is 0 Å². The summed E-state index contributed by atoms with van der Waals surface area (Å²) in [5.41, 5.74) is 4.77. The van der Waals surface area contributed by atoms with Crippen LogP contribution in [0.5, 0.6) is 0 Å². The van der Waals surface area contributed by atoms with Crippen molar-refractivity contribution in [2.75, 3.05) is 37.0 Å². The number of carbonyl (C=O) groups is 2. The Balaban J connectivity index is 1.69. The molecule has 1 amide bonds. The van der Waals surface area contributed by atoms with Gasteiger partial charge in [-0.25, -0.2) is 0 Å². The molecule has 0 aliphatic carbocycles. The van der Waals surface area contributed by atoms with Crippen LogP contribution in [-0.4, -0.2) is 75.6 Å². The molecule has 1 aromatic rings. The smallest absolute Gasteiger partial charge is 0.313 e. The fourth-order valence-electron chi connectivity index (χ4n) is 2.45. The van der Waals surface area contributed by atoms with E-state index in [-0.39, 0.29) is 17.8 Å². The molecule has 1 aromatic heterocycles. The molecule has 23 heavy (non-hydrogen) atoms. The van der Waals surface area contributed by atoms with Gasteiger partial charge in [0.25, 0.3) is 0 Å². The van der Waals surface area contributed by atoms with Crippen molar-refractivity contribution in [3.8, 4) is 0 Å². The third-order valence-electron chi connectivity index (χ3n) is 3.89. The van der Waals surface area contributed by atoms with Crippen LogP contribution in [0, 0.1) is 5.41 Å². The second-order valence-electron chi connectivity index (χ2n) is 5.81. The van der Waals surface area contributed by atoms with Crippen molar-refractivity contribution in [3.05, 3.63) is 0 Å². The Hall–Kier alpha value is -1.04. The molecule has 0 radical (unpaired) electrons. The molecule has 3 heterocycles. The lowest BCUT2D eigenvalue weighted by Gasteiger charge is -2.52. The first-order valence-corrected chi connectivity index (χ1v) is 9.74. The zero-order valence-corrected chi connectivity index (χ0v) is 15.1. The van der Waals surface area contributed by atoms with Crippen molar-refractivity contribution in [2.24, 2.45) is 11.1 Å². The second kappa shape index (κ2) is 6.11. The van der Waals surface area contributed by atoms with Crippen molar-refractivity contribution in [1.82, 2.24) is 15.1 Å². The van der Waals surface area contributed by atoms with Crippen LogP contribution in [0.3, 0.4) is 0 Å². The number of fused-ring (bicyclic) bond motifs is 1. The third-order valence-corrected chi connectivity index (χ3v) is 8.01. The highest BCUT2D eigenvalue weighted by molar-refractivity contribution is 8.01. The van der Waals surface area contributed by atoms with Crippen molar-refractivity contribution >= 4 is 51.9 Å². The van der Waals surface area contributed by atoms with Gasteiger partial charge in [-0.15, -0.1) is 22.0 Å². The first-order chi connectivity index (χ1) is 10.8. The lowest BCUT2D eigenvalue weighted by atomic mass is 9.89. The van der Waals surface area contributed by atoms with E-state index >= 15 is 0 Å². The van der Waals surface area contributed by atoms with Gasteiger partial charge in [0.05, 0.1) is 0 Å². The SMILES string of the molecule is CN(C)c1nnc(SCC2(C(=O)O)CS[C@@H]3C(N)C(=O)N3C2)s1. The van der Waals surface area contributed by atoms with Gasteiger partial charge in [-0.3, -0.25) is 9.59 Å². The molecule has 2 aliphatic heterocycles.